The van der Waals surface area contributed by atoms with Crippen LogP contribution in [0.2, 0.25) is 0 Å². The molecule has 162 valence electrons. The Morgan fingerprint density at radius 2 is 1.56 bits per heavy atom. The van der Waals surface area contributed by atoms with Gasteiger partial charge in [-0.1, -0.05) is 66.7 Å². The third-order valence-corrected chi connectivity index (χ3v) is 4.91. The molecule has 8 heteroatoms. The van der Waals surface area contributed by atoms with Gasteiger partial charge in [0, 0.05) is 12.6 Å². The zero-order valence-electron chi connectivity index (χ0n) is 17.3. The number of amides is 2. The van der Waals surface area contributed by atoms with Crippen LogP contribution in [0.1, 0.15) is 17.0 Å². The summed E-state index contributed by atoms with van der Waals surface area (Å²) in [4.78, 5) is 25.3. The number of nitrogens with zero attached hydrogens (tertiary/aromatic N) is 3. The van der Waals surface area contributed by atoms with E-state index in [1.54, 1.807) is 4.40 Å². The fraction of sp³-hybridized carbons (Fsp3) is 0.167. The number of benzene rings is 2. The van der Waals surface area contributed by atoms with Crippen molar-refractivity contribution in [3.8, 4) is 0 Å². The summed E-state index contributed by atoms with van der Waals surface area (Å²) in [6.45, 7) is 0.300. The molecule has 0 bridgehead atoms. The molecular formula is C24H23N5O3. The summed E-state index contributed by atoms with van der Waals surface area (Å²) in [5, 5.41) is 13.7. The second-order valence-electron chi connectivity index (χ2n) is 7.21. The van der Waals surface area contributed by atoms with Gasteiger partial charge in [0.25, 0.3) is 0 Å². The lowest BCUT2D eigenvalue weighted by molar-refractivity contribution is -0.123. The number of fused-ring (bicyclic) bond motifs is 1. The summed E-state index contributed by atoms with van der Waals surface area (Å²) in [5.74, 6) is 0.261. The lowest BCUT2D eigenvalue weighted by Gasteiger charge is -2.18. The topological polar surface area (TPSA) is 97.6 Å². The standard InChI is InChI=1S/C24H23N5O3/c30-23(25-16-22-28-27-21-13-7-8-14-29(21)22)20(15-18-9-3-1-4-10-18)26-24(31)32-17-19-11-5-2-6-12-19/h1-14,20H,15-17H2,(H,25,30)(H,26,31)/t20-/m1/s1. The summed E-state index contributed by atoms with van der Waals surface area (Å²) in [6.07, 6.45) is 1.50. The molecule has 2 amide bonds. The van der Waals surface area contributed by atoms with E-state index in [4.69, 9.17) is 4.74 Å². The minimum Gasteiger partial charge on any atom is -0.445 e. The van der Waals surface area contributed by atoms with Gasteiger partial charge < -0.3 is 15.4 Å². The molecule has 0 radical (unpaired) electrons. The molecule has 0 saturated heterocycles. The third kappa shape index (κ3) is 5.48. The van der Waals surface area contributed by atoms with E-state index in [-0.39, 0.29) is 19.1 Å². The minimum absolute atomic E-state index is 0.123. The van der Waals surface area contributed by atoms with Crippen molar-refractivity contribution in [2.45, 2.75) is 25.6 Å². The fourth-order valence-electron chi connectivity index (χ4n) is 3.27. The molecule has 0 aliphatic rings. The summed E-state index contributed by atoms with van der Waals surface area (Å²) < 4.78 is 7.10. The average Bonchev–Trinajstić information content (AvgIpc) is 3.25. The van der Waals surface area contributed by atoms with Crippen LogP contribution in [0.5, 0.6) is 0 Å². The molecule has 4 rings (SSSR count). The van der Waals surface area contributed by atoms with Crippen LogP contribution < -0.4 is 10.6 Å². The number of rotatable bonds is 8. The first-order valence-electron chi connectivity index (χ1n) is 10.3. The van der Waals surface area contributed by atoms with E-state index in [1.165, 1.54) is 0 Å². The molecule has 0 fully saturated rings. The molecule has 2 heterocycles. The molecule has 0 unspecified atom stereocenters. The molecule has 0 aliphatic carbocycles. The van der Waals surface area contributed by atoms with E-state index in [0.717, 1.165) is 11.1 Å². The molecule has 0 saturated carbocycles. The van der Waals surface area contributed by atoms with Gasteiger partial charge in [0.1, 0.15) is 12.6 Å². The lowest BCUT2D eigenvalue weighted by Crippen LogP contribution is -2.48. The van der Waals surface area contributed by atoms with Gasteiger partial charge in [0.15, 0.2) is 11.5 Å². The largest absolute Gasteiger partial charge is 0.445 e. The van der Waals surface area contributed by atoms with Gasteiger partial charge in [0.05, 0.1) is 6.54 Å². The number of alkyl carbamates (subject to hydrolysis) is 1. The van der Waals surface area contributed by atoms with Crippen LogP contribution >= 0.6 is 0 Å². The van der Waals surface area contributed by atoms with Crippen molar-refractivity contribution in [2.24, 2.45) is 0 Å². The van der Waals surface area contributed by atoms with Crippen molar-refractivity contribution in [2.75, 3.05) is 0 Å². The highest BCUT2D eigenvalue weighted by Gasteiger charge is 2.22. The molecule has 32 heavy (non-hydrogen) atoms. The van der Waals surface area contributed by atoms with E-state index in [1.807, 2.05) is 85.1 Å². The Balaban J connectivity index is 1.40. The number of ether oxygens (including phenoxy) is 1. The van der Waals surface area contributed by atoms with Crippen LogP contribution in [0.3, 0.4) is 0 Å². The SMILES string of the molecule is O=C(N[C@H](Cc1ccccc1)C(=O)NCc1nnc2ccccn12)OCc1ccccc1. The van der Waals surface area contributed by atoms with Crippen molar-refractivity contribution >= 4 is 17.6 Å². The molecule has 0 aliphatic heterocycles. The molecular weight excluding hydrogens is 406 g/mol. The zero-order chi connectivity index (χ0) is 22.2. The van der Waals surface area contributed by atoms with Crippen LogP contribution in [-0.4, -0.2) is 32.6 Å². The maximum atomic E-state index is 12.9. The molecule has 4 aromatic rings. The van der Waals surface area contributed by atoms with Crippen molar-refractivity contribution in [1.82, 2.24) is 25.2 Å². The maximum Gasteiger partial charge on any atom is 0.408 e. The molecule has 2 aromatic heterocycles. The van der Waals surface area contributed by atoms with E-state index in [0.29, 0.717) is 17.9 Å². The molecule has 1 atom stereocenters. The highest BCUT2D eigenvalue weighted by atomic mass is 16.5. The number of pyridine rings is 1. The first kappa shape index (κ1) is 21.0. The van der Waals surface area contributed by atoms with E-state index in [2.05, 4.69) is 20.8 Å². The predicted octanol–water partition coefficient (Wildman–Crippen LogP) is 2.88. The van der Waals surface area contributed by atoms with Gasteiger partial charge in [-0.2, -0.15) is 0 Å². The second-order valence-corrected chi connectivity index (χ2v) is 7.21. The van der Waals surface area contributed by atoms with Crippen molar-refractivity contribution in [3.05, 3.63) is 102 Å². The average molecular weight is 429 g/mol. The smallest absolute Gasteiger partial charge is 0.408 e. The molecule has 8 nitrogen and oxygen atoms in total. The highest BCUT2D eigenvalue weighted by Crippen LogP contribution is 2.07. The van der Waals surface area contributed by atoms with Crippen molar-refractivity contribution in [1.29, 1.82) is 0 Å². The Kier molecular flexibility index (Phi) is 6.72. The number of carbonyl (C=O) groups excluding carboxylic acids is 2. The number of hydrogen-bond acceptors (Lipinski definition) is 5. The summed E-state index contributed by atoms with van der Waals surface area (Å²) in [6, 6.07) is 23.6. The quantitative estimate of drug-likeness (QED) is 0.449. The third-order valence-electron chi connectivity index (χ3n) is 4.91. The van der Waals surface area contributed by atoms with Crippen LogP contribution in [-0.2, 0) is 29.1 Å². The minimum atomic E-state index is -0.806. The van der Waals surface area contributed by atoms with E-state index < -0.39 is 12.1 Å². The van der Waals surface area contributed by atoms with Gasteiger partial charge in [-0.3, -0.25) is 9.20 Å². The lowest BCUT2D eigenvalue weighted by atomic mass is 10.1. The number of aromatic nitrogens is 3. The Labute approximate surface area is 185 Å². The first-order valence-corrected chi connectivity index (χ1v) is 10.3. The predicted molar refractivity (Wildman–Crippen MR) is 119 cm³/mol. The summed E-state index contributed by atoms with van der Waals surface area (Å²) >= 11 is 0. The van der Waals surface area contributed by atoms with Crippen LogP contribution in [0.25, 0.3) is 5.65 Å². The van der Waals surface area contributed by atoms with Gasteiger partial charge in [-0.25, -0.2) is 4.79 Å². The summed E-state index contributed by atoms with van der Waals surface area (Å²) in [5.41, 5.74) is 2.48. The van der Waals surface area contributed by atoms with Gasteiger partial charge in [-0.15, -0.1) is 10.2 Å². The Hall–Kier alpha value is -4.20. The monoisotopic (exact) mass is 429 g/mol. The number of hydrogen-bond donors (Lipinski definition) is 2. The molecule has 2 N–H and O–H groups in total. The Morgan fingerprint density at radius 3 is 2.31 bits per heavy atom. The Bertz CT molecular complexity index is 1180. The van der Waals surface area contributed by atoms with Gasteiger partial charge in [0.2, 0.25) is 5.91 Å². The van der Waals surface area contributed by atoms with Gasteiger partial charge >= 0.3 is 6.09 Å². The maximum absolute atomic E-state index is 12.9. The van der Waals surface area contributed by atoms with Crippen molar-refractivity contribution in [3.63, 3.8) is 0 Å². The zero-order valence-corrected chi connectivity index (χ0v) is 17.3. The molecule has 0 spiro atoms. The molecule has 2 aromatic carbocycles. The van der Waals surface area contributed by atoms with Crippen molar-refractivity contribution < 1.29 is 14.3 Å². The summed E-state index contributed by atoms with van der Waals surface area (Å²) in [7, 11) is 0. The van der Waals surface area contributed by atoms with Crippen LogP contribution in [0, 0.1) is 0 Å². The number of carbonyl (C=O) groups is 2. The van der Waals surface area contributed by atoms with Gasteiger partial charge in [-0.05, 0) is 23.3 Å². The van der Waals surface area contributed by atoms with Crippen LogP contribution in [0.15, 0.2) is 85.1 Å². The first-order chi connectivity index (χ1) is 15.7. The fourth-order valence-corrected chi connectivity index (χ4v) is 3.27. The van der Waals surface area contributed by atoms with E-state index in [9.17, 15) is 9.59 Å². The normalized spacial score (nSPS) is 11.6. The Morgan fingerprint density at radius 1 is 0.875 bits per heavy atom. The van der Waals surface area contributed by atoms with Crippen LogP contribution in [0.4, 0.5) is 4.79 Å². The second kappa shape index (κ2) is 10.2. The van der Waals surface area contributed by atoms with E-state index >= 15 is 0 Å². The highest BCUT2D eigenvalue weighted by molar-refractivity contribution is 5.85. The number of nitrogens with one attached hydrogen (secondary N) is 2.